The Morgan fingerprint density at radius 3 is 1.69 bits per heavy atom. The number of nitrogens with zero attached hydrogens (tertiary/aromatic N) is 1. The molecule has 6 aromatic carbocycles. The van der Waals surface area contributed by atoms with Crippen LogP contribution in [0.4, 0.5) is 17.1 Å². The molecule has 6 aliphatic carbocycles. The van der Waals surface area contributed by atoms with Gasteiger partial charge >= 0.3 is 0 Å². The Hall–Kier alpha value is -4.88. The minimum atomic E-state index is 0.102. The standard InChI is InChI=1S/C54H53N/c1-52(2)27-28-53(3,4)49-34-39(21-25-47(49)52)37-19-22-43(23-20-37)55(42-15-9-6-10-16-42)51-44(38-13-7-5-8-14-38)24-26-48-50(51)45-17-11-12-18-46(45)54(48)40-30-35-29-36(32-40)33-41(54)31-35/h5-26,34-36,40-41H,27-33H2,1-4H3. The normalized spacial score (nSPS) is 26.0. The second-order valence-corrected chi connectivity index (χ2v) is 19.2. The van der Waals surface area contributed by atoms with Gasteiger partial charge in [-0.3, -0.25) is 0 Å². The topological polar surface area (TPSA) is 3.24 Å². The summed E-state index contributed by atoms with van der Waals surface area (Å²) in [5.74, 6) is 3.27. The smallest absolute Gasteiger partial charge is 0.0621 e. The third kappa shape index (κ3) is 4.90. The van der Waals surface area contributed by atoms with Crippen molar-refractivity contribution < 1.29 is 0 Å². The summed E-state index contributed by atoms with van der Waals surface area (Å²) in [5.41, 5.74) is 18.5. The van der Waals surface area contributed by atoms with Gasteiger partial charge in [-0.1, -0.05) is 143 Å². The molecular formula is C54H53N. The molecule has 0 amide bonds. The van der Waals surface area contributed by atoms with Crippen LogP contribution in [-0.4, -0.2) is 0 Å². The summed E-state index contributed by atoms with van der Waals surface area (Å²) < 4.78 is 0. The SMILES string of the molecule is CC1(C)CCC(C)(C)c2cc(-c3ccc(N(c4ccccc4)c4c(-c5ccccc5)ccc5c4-c4ccccc4C54C5CC6CC(C5)CC4C6)cc3)ccc21. The quantitative estimate of drug-likeness (QED) is 0.172. The van der Waals surface area contributed by atoms with E-state index in [0.717, 1.165) is 23.7 Å². The molecule has 55 heavy (non-hydrogen) atoms. The van der Waals surface area contributed by atoms with Crippen molar-refractivity contribution in [3.05, 3.63) is 162 Å². The van der Waals surface area contributed by atoms with Gasteiger partial charge in [0.1, 0.15) is 0 Å². The molecule has 12 rings (SSSR count). The highest BCUT2D eigenvalue weighted by molar-refractivity contribution is 6.02. The summed E-state index contributed by atoms with van der Waals surface area (Å²) in [4.78, 5) is 2.59. The van der Waals surface area contributed by atoms with Crippen molar-refractivity contribution in [3.63, 3.8) is 0 Å². The molecule has 4 saturated carbocycles. The first-order valence-corrected chi connectivity index (χ1v) is 21.2. The lowest BCUT2D eigenvalue weighted by atomic mass is 9.43. The maximum absolute atomic E-state index is 2.59. The van der Waals surface area contributed by atoms with E-state index in [2.05, 4.69) is 172 Å². The van der Waals surface area contributed by atoms with Crippen molar-refractivity contribution in [1.82, 2.24) is 0 Å². The van der Waals surface area contributed by atoms with Crippen molar-refractivity contribution in [1.29, 1.82) is 0 Å². The molecule has 0 unspecified atom stereocenters. The van der Waals surface area contributed by atoms with Crippen LogP contribution in [-0.2, 0) is 16.2 Å². The zero-order valence-electron chi connectivity index (χ0n) is 33.0. The van der Waals surface area contributed by atoms with Gasteiger partial charge in [0.05, 0.1) is 5.69 Å². The maximum Gasteiger partial charge on any atom is 0.0621 e. The first-order chi connectivity index (χ1) is 26.7. The molecule has 0 N–H and O–H groups in total. The van der Waals surface area contributed by atoms with E-state index in [0.29, 0.717) is 0 Å². The Balaban J connectivity index is 1.13. The predicted molar refractivity (Wildman–Crippen MR) is 231 cm³/mol. The first kappa shape index (κ1) is 33.5. The van der Waals surface area contributed by atoms with Gasteiger partial charge in [0.25, 0.3) is 0 Å². The Bertz CT molecular complexity index is 2400. The zero-order valence-corrected chi connectivity index (χ0v) is 33.0. The highest BCUT2D eigenvalue weighted by atomic mass is 15.1. The molecular weight excluding hydrogens is 663 g/mol. The van der Waals surface area contributed by atoms with Crippen molar-refractivity contribution in [2.45, 2.75) is 88.9 Å². The summed E-state index contributed by atoms with van der Waals surface area (Å²) in [5, 5.41) is 0. The van der Waals surface area contributed by atoms with Crippen molar-refractivity contribution in [2.24, 2.45) is 23.7 Å². The number of hydrogen-bond donors (Lipinski definition) is 0. The number of hydrogen-bond acceptors (Lipinski definition) is 1. The Labute approximate surface area is 328 Å². The van der Waals surface area contributed by atoms with Crippen LogP contribution < -0.4 is 4.90 Å². The van der Waals surface area contributed by atoms with E-state index in [-0.39, 0.29) is 16.2 Å². The monoisotopic (exact) mass is 715 g/mol. The fraction of sp³-hybridized carbons (Fsp3) is 0.333. The van der Waals surface area contributed by atoms with Crippen LogP contribution in [0.5, 0.6) is 0 Å². The molecule has 0 saturated heterocycles. The molecule has 0 atom stereocenters. The molecule has 0 aromatic heterocycles. The highest BCUT2D eigenvalue weighted by Crippen LogP contribution is 2.71. The van der Waals surface area contributed by atoms with Gasteiger partial charge < -0.3 is 4.90 Å². The molecule has 6 aromatic rings. The second kappa shape index (κ2) is 12.1. The maximum atomic E-state index is 2.59. The Morgan fingerprint density at radius 2 is 1.00 bits per heavy atom. The van der Waals surface area contributed by atoms with Gasteiger partial charge in [0.2, 0.25) is 0 Å². The van der Waals surface area contributed by atoms with E-state index in [9.17, 15) is 0 Å². The average molecular weight is 716 g/mol. The first-order valence-electron chi connectivity index (χ1n) is 21.2. The summed E-state index contributed by atoms with van der Waals surface area (Å²) in [6, 6.07) is 53.7. The van der Waals surface area contributed by atoms with Gasteiger partial charge in [-0.25, -0.2) is 0 Å². The third-order valence-electron chi connectivity index (χ3n) is 15.3. The van der Waals surface area contributed by atoms with E-state index in [1.165, 1.54) is 107 Å². The van der Waals surface area contributed by atoms with Crippen LogP contribution in [0.1, 0.15) is 94.9 Å². The number of para-hydroxylation sites is 1. The zero-order chi connectivity index (χ0) is 37.1. The van der Waals surface area contributed by atoms with Gasteiger partial charge in [-0.15, -0.1) is 0 Å². The summed E-state index contributed by atoms with van der Waals surface area (Å²) in [6.45, 7) is 9.70. The molecule has 4 fully saturated rings. The van der Waals surface area contributed by atoms with Crippen LogP contribution in [0.15, 0.2) is 140 Å². The highest BCUT2D eigenvalue weighted by Gasteiger charge is 2.62. The third-order valence-corrected chi connectivity index (χ3v) is 15.3. The van der Waals surface area contributed by atoms with Crippen LogP contribution in [0.2, 0.25) is 0 Å². The molecule has 6 aliphatic rings. The minimum Gasteiger partial charge on any atom is -0.309 e. The van der Waals surface area contributed by atoms with Crippen LogP contribution in [0, 0.1) is 23.7 Å². The summed E-state index contributed by atoms with van der Waals surface area (Å²) in [7, 11) is 0. The summed E-state index contributed by atoms with van der Waals surface area (Å²) in [6.07, 6.45) is 9.47. The largest absolute Gasteiger partial charge is 0.309 e. The van der Waals surface area contributed by atoms with Crippen molar-refractivity contribution >= 4 is 17.1 Å². The Kier molecular flexibility index (Phi) is 7.34. The van der Waals surface area contributed by atoms with Gasteiger partial charge in [-0.05, 0) is 148 Å². The van der Waals surface area contributed by atoms with E-state index >= 15 is 0 Å². The lowest BCUT2D eigenvalue weighted by Crippen LogP contribution is -2.55. The molecule has 1 nitrogen and oxygen atoms in total. The average Bonchev–Trinajstić information content (AvgIpc) is 3.50. The lowest BCUT2D eigenvalue weighted by Gasteiger charge is -2.61. The molecule has 1 spiro atoms. The summed E-state index contributed by atoms with van der Waals surface area (Å²) >= 11 is 0. The van der Waals surface area contributed by atoms with Crippen molar-refractivity contribution in [2.75, 3.05) is 4.90 Å². The van der Waals surface area contributed by atoms with Gasteiger partial charge in [-0.2, -0.15) is 0 Å². The van der Waals surface area contributed by atoms with Crippen molar-refractivity contribution in [3.8, 4) is 33.4 Å². The fourth-order valence-electron chi connectivity index (χ4n) is 12.9. The lowest BCUT2D eigenvalue weighted by molar-refractivity contribution is -0.0399. The number of benzene rings is 6. The molecule has 274 valence electrons. The van der Waals surface area contributed by atoms with E-state index in [1.54, 1.807) is 11.1 Å². The Morgan fingerprint density at radius 1 is 0.436 bits per heavy atom. The van der Waals surface area contributed by atoms with E-state index in [1.807, 2.05) is 0 Å². The van der Waals surface area contributed by atoms with Crippen LogP contribution in [0.25, 0.3) is 33.4 Å². The van der Waals surface area contributed by atoms with Gasteiger partial charge in [0, 0.05) is 27.9 Å². The molecule has 1 heteroatoms. The van der Waals surface area contributed by atoms with Crippen LogP contribution >= 0.6 is 0 Å². The molecule has 4 bridgehead atoms. The molecule has 0 radical (unpaired) electrons. The van der Waals surface area contributed by atoms with E-state index in [4.69, 9.17) is 0 Å². The van der Waals surface area contributed by atoms with E-state index < -0.39 is 0 Å². The molecule has 0 heterocycles. The number of fused-ring (bicyclic) bond motifs is 4. The van der Waals surface area contributed by atoms with Crippen LogP contribution in [0.3, 0.4) is 0 Å². The number of anilines is 3. The van der Waals surface area contributed by atoms with Gasteiger partial charge in [0.15, 0.2) is 0 Å². The second-order valence-electron chi connectivity index (χ2n) is 19.2. The predicted octanol–water partition coefficient (Wildman–Crippen LogP) is 14.6. The fourth-order valence-corrected chi connectivity index (χ4v) is 12.9. The number of rotatable bonds is 5. The molecule has 0 aliphatic heterocycles. The minimum absolute atomic E-state index is 0.102.